The molecule has 5 nitrogen and oxygen atoms in total. The van der Waals surface area contributed by atoms with Crippen LogP contribution in [0.1, 0.15) is 64.2 Å². The molecule has 2 heterocycles. The van der Waals surface area contributed by atoms with Crippen molar-refractivity contribution < 1.29 is 14.3 Å². The van der Waals surface area contributed by atoms with Gasteiger partial charge < -0.3 is 14.4 Å². The van der Waals surface area contributed by atoms with Gasteiger partial charge in [0.2, 0.25) is 5.76 Å². The van der Waals surface area contributed by atoms with Gasteiger partial charge in [0.05, 0.1) is 23.6 Å². The number of fused-ring (bicyclic) bond motifs is 2. The number of benzene rings is 2. The van der Waals surface area contributed by atoms with Crippen molar-refractivity contribution in [3.63, 3.8) is 0 Å². The van der Waals surface area contributed by atoms with Crippen molar-refractivity contribution in [2.45, 2.75) is 39.7 Å². The summed E-state index contributed by atoms with van der Waals surface area (Å²) in [6, 6.07) is 11.1. The number of aryl methyl sites for hydroxylation is 2. The van der Waals surface area contributed by atoms with Gasteiger partial charge in [-0.1, -0.05) is 44.2 Å². The van der Waals surface area contributed by atoms with Crippen LogP contribution in [-0.4, -0.2) is 29.1 Å². The minimum absolute atomic E-state index is 0.0841. The van der Waals surface area contributed by atoms with Crippen LogP contribution in [0.4, 0.5) is 0 Å². The zero-order valence-corrected chi connectivity index (χ0v) is 17.2. The van der Waals surface area contributed by atoms with Gasteiger partial charge in [-0.15, -0.1) is 0 Å². The van der Waals surface area contributed by atoms with Crippen LogP contribution in [0.5, 0.6) is 0 Å². The number of hydrogen-bond donors (Lipinski definition) is 1. The van der Waals surface area contributed by atoms with E-state index in [9.17, 15) is 14.7 Å². The van der Waals surface area contributed by atoms with Gasteiger partial charge in [0.1, 0.15) is 5.58 Å². The smallest absolute Gasteiger partial charge is 0.290 e. The number of carbonyl (C=O) groups is 1. The standard InChI is InChI=1S/C24H25NO4/c1-13(2)16-5-7-17(8-6-16)20-19-21(27)18-12-14(3)11-15(4)22(18)29-23(19)24(28)25(20)9-10-26/h5-8,11-13,20,26H,9-10H2,1-4H3. The van der Waals surface area contributed by atoms with E-state index in [4.69, 9.17) is 4.42 Å². The second-order valence-electron chi connectivity index (χ2n) is 8.08. The van der Waals surface area contributed by atoms with Gasteiger partial charge in [0.15, 0.2) is 5.43 Å². The van der Waals surface area contributed by atoms with Crippen LogP contribution in [0.15, 0.2) is 45.6 Å². The third kappa shape index (κ3) is 3.06. The molecule has 0 spiro atoms. The molecule has 1 atom stereocenters. The summed E-state index contributed by atoms with van der Waals surface area (Å²) >= 11 is 0. The van der Waals surface area contributed by atoms with E-state index in [0.29, 0.717) is 22.5 Å². The van der Waals surface area contributed by atoms with Crippen molar-refractivity contribution in [3.05, 3.63) is 80.2 Å². The molecular formula is C24H25NO4. The Kier molecular flexibility index (Phi) is 4.79. The number of aliphatic hydroxyl groups excluding tert-OH is 1. The minimum Gasteiger partial charge on any atom is -0.450 e. The van der Waals surface area contributed by atoms with E-state index < -0.39 is 6.04 Å². The third-order valence-corrected chi connectivity index (χ3v) is 5.66. The first kappa shape index (κ1) is 19.4. The molecule has 0 aliphatic carbocycles. The fraction of sp³-hybridized carbons (Fsp3) is 0.333. The Morgan fingerprint density at radius 3 is 2.41 bits per heavy atom. The highest BCUT2D eigenvalue weighted by Gasteiger charge is 2.42. The average Bonchev–Trinajstić information content (AvgIpc) is 2.96. The summed E-state index contributed by atoms with van der Waals surface area (Å²) in [7, 11) is 0. The van der Waals surface area contributed by atoms with Crippen molar-refractivity contribution in [2.24, 2.45) is 0 Å². The number of hydrogen-bond acceptors (Lipinski definition) is 4. The normalized spacial score (nSPS) is 16.1. The van der Waals surface area contributed by atoms with Crippen molar-refractivity contribution >= 4 is 16.9 Å². The summed E-state index contributed by atoms with van der Waals surface area (Å²) in [5.41, 5.74) is 4.45. The van der Waals surface area contributed by atoms with Gasteiger partial charge in [-0.25, -0.2) is 0 Å². The highest BCUT2D eigenvalue weighted by atomic mass is 16.3. The van der Waals surface area contributed by atoms with E-state index >= 15 is 0 Å². The van der Waals surface area contributed by atoms with Crippen molar-refractivity contribution in [1.82, 2.24) is 4.90 Å². The monoisotopic (exact) mass is 391 g/mol. The van der Waals surface area contributed by atoms with Crippen LogP contribution in [0.2, 0.25) is 0 Å². The second kappa shape index (κ2) is 7.16. The van der Waals surface area contributed by atoms with Crippen molar-refractivity contribution in [2.75, 3.05) is 13.2 Å². The zero-order chi connectivity index (χ0) is 20.9. The molecule has 1 N–H and O–H groups in total. The highest BCUT2D eigenvalue weighted by Crippen LogP contribution is 2.38. The largest absolute Gasteiger partial charge is 0.450 e. The van der Waals surface area contributed by atoms with Crippen molar-refractivity contribution in [3.8, 4) is 0 Å². The van der Waals surface area contributed by atoms with Crippen LogP contribution >= 0.6 is 0 Å². The molecule has 0 fully saturated rings. The lowest BCUT2D eigenvalue weighted by molar-refractivity contribution is 0.0691. The molecule has 1 unspecified atom stereocenters. The first-order chi connectivity index (χ1) is 13.8. The molecule has 4 rings (SSSR count). The first-order valence-corrected chi connectivity index (χ1v) is 9.93. The Balaban J connectivity index is 1.98. The molecule has 2 aromatic carbocycles. The summed E-state index contributed by atoms with van der Waals surface area (Å²) in [6.07, 6.45) is 0. The maximum atomic E-state index is 13.5. The van der Waals surface area contributed by atoms with Gasteiger partial charge in [0.25, 0.3) is 5.91 Å². The highest BCUT2D eigenvalue weighted by molar-refractivity contribution is 5.99. The Labute approximate surface area is 169 Å². The summed E-state index contributed by atoms with van der Waals surface area (Å²) in [4.78, 5) is 28.1. The van der Waals surface area contributed by atoms with E-state index in [1.165, 1.54) is 10.5 Å². The molecule has 5 heteroatoms. The van der Waals surface area contributed by atoms with Gasteiger partial charge >= 0.3 is 0 Å². The number of aliphatic hydroxyl groups is 1. The Morgan fingerprint density at radius 1 is 1.10 bits per heavy atom. The molecule has 1 amide bonds. The molecule has 1 aliphatic rings. The Morgan fingerprint density at radius 2 is 1.79 bits per heavy atom. The minimum atomic E-state index is -0.563. The molecule has 0 bridgehead atoms. The van der Waals surface area contributed by atoms with Crippen LogP contribution in [0.3, 0.4) is 0 Å². The number of β-amino-alcohol motifs (C(OH)–C–C–N with tert-alkyl or cyclic N) is 1. The molecule has 0 saturated heterocycles. The van der Waals surface area contributed by atoms with E-state index in [0.717, 1.165) is 16.7 Å². The lowest BCUT2D eigenvalue weighted by Crippen LogP contribution is -2.32. The van der Waals surface area contributed by atoms with Gasteiger partial charge in [-0.05, 0) is 48.1 Å². The number of rotatable bonds is 4. The van der Waals surface area contributed by atoms with Crippen LogP contribution in [0.25, 0.3) is 11.0 Å². The van der Waals surface area contributed by atoms with Crippen LogP contribution in [0, 0.1) is 13.8 Å². The maximum Gasteiger partial charge on any atom is 0.290 e. The zero-order valence-electron chi connectivity index (χ0n) is 17.2. The summed E-state index contributed by atoms with van der Waals surface area (Å²) in [5.74, 6) is 0.113. The maximum absolute atomic E-state index is 13.5. The first-order valence-electron chi connectivity index (χ1n) is 9.93. The van der Waals surface area contributed by atoms with Gasteiger partial charge in [-0.3, -0.25) is 9.59 Å². The lowest BCUT2D eigenvalue weighted by Gasteiger charge is -2.24. The SMILES string of the molecule is Cc1cc(C)c2oc3c(c(=O)c2c1)C(c1ccc(C(C)C)cc1)N(CCO)C3=O. The van der Waals surface area contributed by atoms with Crippen LogP contribution in [-0.2, 0) is 0 Å². The van der Waals surface area contributed by atoms with Gasteiger partial charge in [0, 0.05) is 6.54 Å². The van der Waals surface area contributed by atoms with E-state index in [2.05, 4.69) is 13.8 Å². The molecule has 0 radical (unpaired) electrons. The lowest BCUT2D eigenvalue weighted by atomic mass is 9.95. The van der Waals surface area contributed by atoms with Gasteiger partial charge in [-0.2, -0.15) is 0 Å². The fourth-order valence-electron chi connectivity index (χ4n) is 4.22. The topological polar surface area (TPSA) is 70.8 Å². The van der Waals surface area contributed by atoms with Crippen LogP contribution < -0.4 is 5.43 Å². The molecule has 1 aromatic heterocycles. The molecule has 150 valence electrons. The van der Waals surface area contributed by atoms with Crippen molar-refractivity contribution in [1.29, 1.82) is 0 Å². The molecule has 29 heavy (non-hydrogen) atoms. The van der Waals surface area contributed by atoms with E-state index in [1.54, 1.807) is 0 Å². The van der Waals surface area contributed by atoms with E-state index in [1.807, 2.05) is 50.2 Å². The number of nitrogens with zero attached hydrogens (tertiary/aromatic N) is 1. The average molecular weight is 391 g/mol. The summed E-state index contributed by atoms with van der Waals surface area (Å²) in [6.45, 7) is 7.99. The molecule has 0 saturated carbocycles. The number of amides is 1. The quantitative estimate of drug-likeness (QED) is 0.728. The Bertz CT molecular complexity index is 1160. The predicted molar refractivity (Wildman–Crippen MR) is 112 cm³/mol. The number of carbonyl (C=O) groups excluding carboxylic acids is 1. The second-order valence-corrected chi connectivity index (χ2v) is 8.08. The summed E-state index contributed by atoms with van der Waals surface area (Å²) < 4.78 is 6.00. The molecular weight excluding hydrogens is 366 g/mol. The predicted octanol–water partition coefficient (Wildman–Crippen LogP) is 4.07. The summed E-state index contributed by atoms with van der Waals surface area (Å²) in [5, 5.41) is 10.0. The third-order valence-electron chi connectivity index (χ3n) is 5.66. The Hall–Kier alpha value is -2.92. The fourth-order valence-corrected chi connectivity index (χ4v) is 4.22. The molecule has 3 aromatic rings. The molecule has 1 aliphatic heterocycles. The van der Waals surface area contributed by atoms with E-state index in [-0.39, 0.29) is 30.2 Å².